The highest BCUT2D eigenvalue weighted by Gasteiger charge is 2.20. The van der Waals surface area contributed by atoms with Crippen LogP contribution in [-0.2, 0) is 0 Å². The van der Waals surface area contributed by atoms with E-state index in [1.54, 1.807) is 4.90 Å². The van der Waals surface area contributed by atoms with Crippen LogP contribution >= 0.6 is 0 Å². The van der Waals surface area contributed by atoms with Crippen LogP contribution in [0.15, 0.2) is 0 Å². The van der Waals surface area contributed by atoms with Crippen molar-refractivity contribution in [1.82, 2.24) is 9.80 Å². The minimum atomic E-state index is -0.904. The summed E-state index contributed by atoms with van der Waals surface area (Å²) in [5.41, 5.74) is 5.23. The van der Waals surface area contributed by atoms with Gasteiger partial charge in [-0.25, -0.2) is 4.79 Å². The average molecular weight is 172 g/mol. The smallest absolute Gasteiger partial charge is 0.407 e. The first kappa shape index (κ1) is 8.63. The van der Waals surface area contributed by atoms with E-state index in [0.29, 0.717) is 26.2 Å². The van der Waals surface area contributed by atoms with Crippen molar-refractivity contribution in [2.24, 2.45) is 5.73 Å². The van der Waals surface area contributed by atoms with Crippen LogP contribution in [0.2, 0.25) is 0 Å². The molecule has 0 saturated carbocycles. The predicted octanol–water partition coefficient (Wildman–Crippen LogP) is -0.825. The molecular weight excluding hydrogens is 160 g/mol. The van der Waals surface area contributed by atoms with Crippen molar-refractivity contribution in [3.63, 3.8) is 0 Å². The molecule has 1 heterocycles. The third-order valence-electron chi connectivity index (χ3n) is 1.89. The Labute approximate surface area is 70.1 Å². The lowest BCUT2D eigenvalue weighted by Gasteiger charge is -2.33. The highest BCUT2D eigenvalue weighted by Crippen LogP contribution is 2.00. The number of rotatable bonds is 0. The molecule has 6 nitrogen and oxygen atoms in total. The van der Waals surface area contributed by atoms with Crippen LogP contribution in [0.25, 0.3) is 0 Å². The standard InChI is InChI=1S/C6H12N4O2/c7-5(8)9-1-3-10(4-2-9)6(11)12/h1-4H2,(H3,7,8)(H,11,12). The Bertz CT molecular complexity index is 176. The zero-order chi connectivity index (χ0) is 9.14. The van der Waals surface area contributed by atoms with Crippen molar-refractivity contribution < 1.29 is 9.90 Å². The molecule has 0 spiro atoms. The first-order valence-electron chi connectivity index (χ1n) is 3.68. The maximum atomic E-state index is 10.5. The predicted molar refractivity (Wildman–Crippen MR) is 43.1 cm³/mol. The van der Waals surface area contributed by atoms with Gasteiger partial charge in [0.2, 0.25) is 0 Å². The van der Waals surface area contributed by atoms with Crippen LogP contribution in [-0.4, -0.2) is 53.1 Å². The highest BCUT2D eigenvalue weighted by atomic mass is 16.4. The molecule has 0 aromatic rings. The molecule has 0 bridgehead atoms. The fourth-order valence-corrected chi connectivity index (χ4v) is 1.14. The number of nitrogens with one attached hydrogen (secondary N) is 1. The second kappa shape index (κ2) is 3.29. The number of carboxylic acid groups (broad SMARTS) is 1. The van der Waals surface area contributed by atoms with Crippen LogP contribution < -0.4 is 5.73 Å². The molecule has 4 N–H and O–H groups in total. The summed E-state index contributed by atoms with van der Waals surface area (Å²) >= 11 is 0. The maximum Gasteiger partial charge on any atom is 0.407 e. The molecule has 0 aromatic carbocycles. The summed E-state index contributed by atoms with van der Waals surface area (Å²) in [6.07, 6.45) is -0.904. The van der Waals surface area contributed by atoms with Crippen LogP contribution in [0.1, 0.15) is 0 Å². The van der Waals surface area contributed by atoms with E-state index in [4.69, 9.17) is 16.2 Å². The third-order valence-corrected chi connectivity index (χ3v) is 1.89. The van der Waals surface area contributed by atoms with Crippen molar-refractivity contribution in [1.29, 1.82) is 5.41 Å². The average Bonchev–Trinajstić information content (AvgIpc) is 2.04. The van der Waals surface area contributed by atoms with Crippen LogP contribution in [0, 0.1) is 5.41 Å². The van der Waals surface area contributed by atoms with E-state index in [1.807, 2.05) is 0 Å². The van der Waals surface area contributed by atoms with Gasteiger partial charge in [-0.2, -0.15) is 0 Å². The van der Waals surface area contributed by atoms with Gasteiger partial charge in [-0.15, -0.1) is 0 Å². The van der Waals surface area contributed by atoms with Gasteiger partial charge >= 0.3 is 6.09 Å². The lowest BCUT2D eigenvalue weighted by Crippen LogP contribution is -2.52. The number of nitrogens with zero attached hydrogens (tertiary/aromatic N) is 2. The Kier molecular flexibility index (Phi) is 2.37. The number of hydrogen-bond acceptors (Lipinski definition) is 2. The highest BCUT2D eigenvalue weighted by molar-refractivity contribution is 5.75. The van der Waals surface area contributed by atoms with Crippen molar-refractivity contribution in [2.75, 3.05) is 26.2 Å². The van der Waals surface area contributed by atoms with Crippen molar-refractivity contribution in [3.05, 3.63) is 0 Å². The Hall–Kier alpha value is -1.46. The number of carbonyl (C=O) groups is 1. The fourth-order valence-electron chi connectivity index (χ4n) is 1.14. The van der Waals surface area contributed by atoms with Gasteiger partial charge < -0.3 is 20.6 Å². The Morgan fingerprint density at radius 2 is 1.67 bits per heavy atom. The zero-order valence-corrected chi connectivity index (χ0v) is 6.66. The molecule has 68 valence electrons. The van der Waals surface area contributed by atoms with Gasteiger partial charge in [0.05, 0.1) is 0 Å². The quantitative estimate of drug-likeness (QED) is 0.328. The topological polar surface area (TPSA) is 93.7 Å². The third kappa shape index (κ3) is 1.77. The SMILES string of the molecule is N=C(N)N1CCN(C(=O)O)CC1. The minimum absolute atomic E-state index is 0.0139. The lowest BCUT2D eigenvalue weighted by molar-refractivity contribution is 0.124. The first-order chi connectivity index (χ1) is 5.61. The van der Waals surface area contributed by atoms with E-state index in [-0.39, 0.29) is 5.96 Å². The van der Waals surface area contributed by atoms with Gasteiger partial charge in [-0.3, -0.25) is 5.41 Å². The molecule has 1 aliphatic heterocycles. The summed E-state index contributed by atoms with van der Waals surface area (Å²) in [5, 5.41) is 15.7. The zero-order valence-electron chi connectivity index (χ0n) is 6.66. The fraction of sp³-hybridized carbons (Fsp3) is 0.667. The molecule has 0 radical (unpaired) electrons. The summed E-state index contributed by atoms with van der Waals surface area (Å²) in [6.45, 7) is 1.88. The largest absolute Gasteiger partial charge is 0.465 e. The molecule has 1 rings (SSSR count). The van der Waals surface area contributed by atoms with Crippen LogP contribution in [0.3, 0.4) is 0 Å². The number of nitrogens with two attached hydrogens (primary N) is 1. The molecule has 6 heteroatoms. The maximum absolute atomic E-state index is 10.5. The first-order valence-corrected chi connectivity index (χ1v) is 3.68. The molecular formula is C6H12N4O2. The summed E-state index contributed by atoms with van der Waals surface area (Å²) in [5.74, 6) is 0.0139. The van der Waals surface area contributed by atoms with E-state index < -0.39 is 6.09 Å². The van der Waals surface area contributed by atoms with Gasteiger partial charge in [0.15, 0.2) is 5.96 Å². The number of hydrogen-bond donors (Lipinski definition) is 3. The molecule has 1 aliphatic rings. The number of amides is 1. The van der Waals surface area contributed by atoms with E-state index in [1.165, 1.54) is 4.90 Å². The Morgan fingerprint density at radius 3 is 2.00 bits per heavy atom. The van der Waals surface area contributed by atoms with E-state index in [0.717, 1.165) is 0 Å². The van der Waals surface area contributed by atoms with Gasteiger partial charge in [-0.1, -0.05) is 0 Å². The molecule has 0 atom stereocenters. The normalized spacial score (nSPS) is 17.7. The van der Waals surface area contributed by atoms with Gasteiger partial charge in [-0.05, 0) is 0 Å². The van der Waals surface area contributed by atoms with Crippen LogP contribution in [0.4, 0.5) is 4.79 Å². The van der Waals surface area contributed by atoms with Gasteiger partial charge in [0.1, 0.15) is 0 Å². The Balaban J connectivity index is 2.39. The molecule has 12 heavy (non-hydrogen) atoms. The van der Waals surface area contributed by atoms with E-state index >= 15 is 0 Å². The van der Waals surface area contributed by atoms with Gasteiger partial charge in [0, 0.05) is 26.2 Å². The molecule has 1 saturated heterocycles. The molecule has 0 aromatic heterocycles. The van der Waals surface area contributed by atoms with Crippen molar-refractivity contribution >= 4 is 12.1 Å². The summed E-state index contributed by atoms with van der Waals surface area (Å²) < 4.78 is 0. The van der Waals surface area contributed by atoms with Crippen molar-refractivity contribution in [2.45, 2.75) is 0 Å². The number of piperazine rings is 1. The van der Waals surface area contributed by atoms with Crippen molar-refractivity contribution in [3.8, 4) is 0 Å². The Morgan fingerprint density at radius 1 is 1.25 bits per heavy atom. The minimum Gasteiger partial charge on any atom is -0.465 e. The molecule has 1 amide bonds. The molecule has 1 fully saturated rings. The summed E-state index contributed by atoms with van der Waals surface area (Å²) in [4.78, 5) is 13.4. The van der Waals surface area contributed by atoms with E-state index in [2.05, 4.69) is 0 Å². The molecule has 0 aliphatic carbocycles. The lowest BCUT2D eigenvalue weighted by atomic mass is 10.3. The second-order valence-electron chi connectivity index (χ2n) is 2.64. The monoisotopic (exact) mass is 172 g/mol. The summed E-state index contributed by atoms with van der Waals surface area (Å²) in [7, 11) is 0. The van der Waals surface area contributed by atoms with E-state index in [9.17, 15) is 4.79 Å². The number of guanidine groups is 1. The van der Waals surface area contributed by atoms with Crippen LogP contribution in [0.5, 0.6) is 0 Å². The molecule has 0 unspecified atom stereocenters. The van der Waals surface area contributed by atoms with Gasteiger partial charge in [0.25, 0.3) is 0 Å². The second-order valence-corrected chi connectivity index (χ2v) is 2.64. The summed E-state index contributed by atoms with van der Waals surface area (Å²) in [6, 6.07) is 0.